The van der Waals surface area contributed by atoms with Gasteiger partial charge in [-0.2, -0.15) is 0 Å². The highest BCUT2D eigenvalue weighted by molar-refractivity contribution is 7.99. The van der Waals surface area contributed by atoms with E-state index in [1.54, 1.807) is 11.8 Å². The van der Waals surface area contributed by atoms with Crippen LogP contribution in [0.4, 0.5) is 0 Å². The molecule has 0 amide bonds. The largest absolute Gasteiger partial charge is 0.431 e. The molecule has 3 nitrogen and oxygen atoms in total. The molecule has 1 heterocycles. The highest BCUT2D eigenvalue weighted by Crippen LogP contribution is 2.24. The number of hydrogen-bond donors (Lipinski definition) is 1. The third-order valence-corrected chi connectivity index (χ3v) is 3.52. The second-order valence-electron chi connectivity index (χ2n) is 5.59. The summed E-state index contributed by atoms with van der Waals surface area (Å²) < 4.78 is 5.65. The zero-order chi connectivity index (χ0) is 13.9. The molecule has 0 atom stereocenters. The molecule has 0 fully saturated rings. The fourth-order valence-electron chi connectivity index (χ4n) is 1.52. The van der Waals surface area contributed by atoms with Crippen LogP contribution >= 0.6 is 11.8 Å². The van der Waals surface area contributed by atoms with Crippen molar-refractivity contribution in [3.05, 3.63) is 36.4 Å². The molecule has 0 aliphatic heterocycles. The maximum Gasteiger partial charge on any atom is 0.257 e. The molecular weight excluding hydrogens is 256 g/mol. The van der Waals surface area contributed by atoms with Gasteiger partial charge < -0.3 is 9.73 Å². The Morgan fingerprint density at radius 2 is 2.11 bits per heavy atom. The van der Waals surface area contributed by atoms with Crippen LogP contribution in [0.5, 0.6) is 0 Å². The van der Waals surface area contributed by atoms with Gasteiger partial charge in [0.15, 0.2) is 5.58 Å². The van der Waals surface area contributed by atoms with Crippen LogP contribution in [0.25, 0.3) is 11.1 Å². The van der Waals surface area contributed by atoms with Crippen molar-refractivity contribution >= 4 is 22.9 Å². The van der Waals surface area contributed by atoms with Crippen LogP contribution in [0, 0.1) is 0 Å². The van der Waals surface area contributed by atoms with Crippen LogP contribution in [0.2, 0.25) is 0 Å². The lowest BCUT2D eigenvalue weighted by atomic mass is 10.1. The van der Waals surface area contributed by atoms with Crippen molar-refractivity contribution in [3.8, 4) is 0 Å². The molecule has 0 saturated heterocycles. The third-order valence-electron chi connectivity index (χ3n) is 2.54. The van der Waals surface area contributed by atoms with E-state index in [4.69, 9.17) is 4.42 Å². The number of rotatable bonds is 5. The fourth-order valence-corrected chi connectivity index (χ4v) is 2.26. The molecule has 0 aliphatic carbocycles. The van der Waals surface area contributed by atoms with E-state index in [2.05, 4.69) is 37.7 Å². The number of nitrogens with zero attached hydrogens (tertiary/aromatic N) is 1. The quantitative estimate of drug-likeness (QED) is 0.664. The van der Waals surface area contributed by atoms with Gasteiger partial charge in [-0.25, -0.2) is 4.98 Å². The van der Waals surface area contributed by atoms with Gasteiger partial charge in [-0.05, 0) is 32.9 Å². The minimum Gasteiger partial charge on any atom is -0.431 e. The standard InChI is InChI=1S/C15H20N2OS/c1-11(9-16-15(2,3)4)10-19-14-17-12-7-5-6-8-13(12)18-14/h5-8,16H,1,9-10H2,2-4H3. The molecule has 0 saturated carbocycles. The summed E-state index contributed by atoms with van der Waals surface area (Å²) in [6.07, 6.45) is 0. The van der Waals surface area contributed by atoms with Gasteiger partial charge in [-0.1, -0.05) is 36.0 Å². The average Bonchev–Trinajstić information content (AvgIpc) is 2.75. The van der Waals surface area contributed by atoms with E-state index in [-0.39, 0.29) is 5.54 Å². The predicted molar refractivity (Wildman–Crippen MR) is 81.6 cm³/mol. The van der Waals surface area contributed by atoms with Crippen molar-refractivity contribution in [2.75, 3.05) is 12.3 Å². The van der Waals surface area contributed by atoms with Crippen molar-refractivity contribution in [1.29, 1.82) is 0 Å². The fraction of sp³-hybridized carbons (Fsp3) is 0.400. The third kappa shape index (κ3) is 4.40. The molecule has 0 bridgehead atoms. The van der Waals surface area contributed by atoms with Crippen LogP contribution in [0.15, 0.2) is 46.1 Å². The maximum atomic E-state index is 5.65. The number of fused-ring (bicyclic) bond motifs is 1. The Hall–Kier alpha value is -1.26. The summed E-state index contributed by atoms with van der Waals surface area (Å²) in [6.45, 7) is 11.3. The molecule has 19 heavy (non-hydrogen) atoms. The minimum absolute atomic E-state index is 0.116. The van der Waals surface area contributed by atoms with Crippen molar-refractivity contribution in [1.82, 2.24) is 10.3 Å². The number of hydrogen-bond acceptors (Lipinski definition) is 4. The number of para-hydroxylation sites is 2. The van der Waals surface area contributed by atoms with Crippen molar-refractivity contribution < 1.29 is 4.42 Å². The Labute approximate surface area is 118 Å². The van der Waals surface area contributed by atoms with E-state index in [9.17, 15) is 0 Å². The van der Waals surface area contributed by atoms with Crippen LogP contribution in [-0.2, 0) is 0 Å². The van der Waals surface area contributed by atoms with E-state index < -0.39 is 0 Å². The van der Waals surface area contributed by atoms with E-state index in [0.717, 1.165) is 29.0 Å². The first-order chi connectivity index (χ1) is 8.94. The topological polar surface area (TPSA) is 38.1 Å². The number of benzene rings is 1. The Bertz CT molecular complexity index is 536. The summed E-state index contributed by atoms with van der Waals surface area (Å²) in [5.41, 5.74) is 3.00. The predicted octanol–water partition coefficient (Wildman–Crippen LogP) is 3.86. The zero-order valence-corrected chi connectivity index (χ0v) is 12.5. The Morgan fingerprint density at radius 1 is 1.37 bits per heavy atom. The molecule has 4 heteroatoms. The molecule has 0 spiro atoms. The van der Waals surface area contributed by atoms with Crippen molar-refractivity contribution in [2.45, 2.75) is 31.5 Å². The zero-order valence-electron chi connectivity index (χ0n) is 11.7. The number of aromatic nitrogens is 1. The van der Waals surface area contributed by atoms with Gasteiger partial charge in [-0.15, -0.1) is 0 Å². The van der Waals surface area contributed by atoms with E-state index >= 15 is 0 Å². The van der Waals surface area contributed by atoms with Crippen LogP contribution in [0.1, 0.15) is 20.8 Å². The van der Waals surface area contributed by atoms with Gasteiger partial charge in [0.2, 0.25) is 0 Å². The highest BCUT2D eigenvalue weighted by Gasteiger charge is 2.10. The van der Waals surface area contributed by atoms with Gasteiger partial charge >= 0.3 is 0 Å². The maximum absolute atomic E-state index is 5.65. The summed E-state index contributed by atoms with van der Waals surface area (Å²) in [5.74, 6) is 0.815. The van der Waals surface area contributed by atoms with E-state index in [1.807, 2.05) is 24.3 Å². The van der Waals surface area contributed by atoms with Crippen LogP contribution in [-0.4, -0.2) is 22.8 Å². The molecule has 102 valence electrons. The highest BCUT2D eigenvalue weighted by atomic mass is 32.2. The van der Waals surface area contributed by atoms with Crippen LogP contribution in [0.3, 0.4) is 0 Å². The van der Waals surface area contributed by atoms with Gasteiger partial charge in [0.05, 0.1) is 0 Å². The van der Waals surface area contributed by atoms with Gasteiger partial charge in [0.1, 0.15) is 5.52 Å². The SMILES string of the molecule is C=C(CNC(C)(C)C)CSc1nc2ccccc2o1. The second-order valence-corrected chi connectivity index (χ2v) is 6.52. The first kappa shape index (κ1) is 14.2. The van der Waals surface area contributed by atoms with Gasteiger partial charge in [0.25, 0.3) is 5.22 Å². The molecule has 0 unspecified atom stereocenters. The molecule has 1 aromatic carbocycles. The second kappa shape index (κ2) is 5.80. The van der Waals surface area contributed by atoms with Crippen molar-refractivity contribution in [3.63, 3.8) is 0 Å². The lowest BCUT2D eigenvalue weighted by molar-refractivity contribution is 0.445. The van der Waals surface area contributed by atoms with Crippen molar-refractivity contribution in [2.24, 2.45) is 0 Å². The summed E-state index contributed by atoms with van der Waals surface area (Å²) in [4.78, 5) is 4.43. The van der Waals surface area contributed by atoms with Crippen LogP contribution < -0.4 is 5.32 Å². The number of thioether (sulfide) groups is 1. The Kier molecular flexibility index (Phi) is 4.32. The number of oxazole rings is 1. The molecule has 0 radical (unpaired) electrons. The molecule has 2 rings (SSSR count). The minimum atomic E-state index is 0.116. The first-order valence-corrected chi connectivity index (χ1v) is 7.33. The smallest absolute Gasteiger partial charge is 0.257 e. The first-order valence-electron chi connectivity index (χ1n) is 6.34. The lowest BCUT2D eigenvalue weighted by Gasteiger charge is -2.21. The van der Waals surface area contributed by atoms with Gasteiger partial charge in [-0.3, -0.25) is 0 Å². The van der Waals surface area contributed by atoms with E-state index in [0.29, 0.717) is 5.22 Å². The lowest BCUT2D eigenvalue weighted by Crippen LogP contribution is -2.37. The summed E-state index contributed by atoms with van der Waals surface area (Å²) in [6, 6.07) is 7.81. The Balaban J connectivity index is 1.86. The normalized spacial score (nSPS) is 11.9. The average molecular weight is 276 g/mol. The summed E-state index contributed by atoms with van der Waals surface area (Å²) in [5, 5.41) is 4.13. The Morgan fingerprint density at radius 3 is 2.79 bits per heavy atom. The molecule has 1 aromatic heterocycles. The monoisotopic (exact) mass is 276 g/mol. The molecule has 0 aliphatic rings. The molecular formula is C15H20N2OS. The molecule has 2 aromatic rings. The number of nitrogens with one attached hydrogen (secondary N) is 1. The van der Waals surface area contributed by atoms with Gasteiger partial charge in [0, 0.05) is 17.8 Å². The summed E-state index contributed by atoms with van der Waals surface area (Å²) >= 11 is 1.59. The molecule has 1 N–H and O–H groups in total. The van der Waals surface area contributed by atoms with E-state index in [1.165, 1.54) is 0 Å². The summed E-state index contributed by atoms with van der Waals surface area (Å²) in [7, 11) is 0.